The zero-order valence-electron chi connectivity index (χ0n) is 12.4. The van der Waals surface area contributed by atoms with Crippen molar-refractivity contribution in [3.63, 3.8) is 0 Å². The molecule has 0 radical (unpaired) electrons. The topological polar surface area (TPSA) is 21.3 Å². The van der Waals surface area contributed by atoms with E-state index in [0.29, 0.717) is 10.8 Å². The van der Waals surface area contributed by atoms with E-state index in [1.54, 1.807) is 18.4 Å². The summed E-state index contributed by atoms with van der Waals surface area (Å²) >= 11 is 11.5. The largest absolute Gasteiger partial charge is 0.495 e. The quantitative estimate of drug-likeness (QED) is 0.698. The van der Waals surface area contributed by atoms with Crippen molar-refractivity contribution in [1.82, 2.24) is 5.32 Å². The zero-order chi connectivity index (χ0) is 15.4. The fraction of sp³-hybridized carbons (Fsp3) is 0.375. The van der Waals surface area contributed by atoms with Gasteiger partial charge in [-0.2, -0.15) is 0 Å². The molecular formula is C16H19BrClNOS. The fourth-order valence-electron chi connectivity index (χ4n) is 2.15. The van der Waals surface area contributed by atoms with E-state index in [9.17, 15) is 0 Å². The highest BCUT2D eigenvalue weighted by Gasteiger charge is 2.18. The number of hydrogen-bond acceptors (Lipinski definition) is 3. The molecule has 0 bridgehead atoms. The summed E-state index contributed by atoms with van der Waals surface area (Å²) in [5.74, 6) is 0.713. The number of ether oxygens (including phenoxy) is 1. The highest BCUT2D eigenvalue weighted by atomic mass is 79.9. The van der Waals surface area contributed by atoms with Gasteiger partial charge in [-0.1, -0.05) is 24.6 Å². The maximum absolute atomic E-state index is 6.13. The molecule has 1 heterocycles. The third-order valence-corrected chi connectivity index (χ3v) is 5.78. The van der Waals surface area contributed by atoms with Gasteiger partial charge in [-0.3, -0.25) is 0 Å². The molecule has 0 aliphatic heterocycles. The maximum atomic E-state index is 6.13. The molecule has 0 saturated carbocycles. The molecule has 0 spiro atoms. The SMILES string of the molecule is CCCNC(c1ccc(Cl)c(OC)c1)c1cc(C)c(Br)s1. The van der Waals surface area contributed by atoms with E-state index in [1.165, 1.54) is 19.8 Å². The molecule has 21 heavy (non-hydrogen) atoms. The van der Waals surface area contributed by atoms with Crippen molar-refractivity contribution in [2.24, 2.45) is 0 Å². The first-order valence-electron chi connectivity index (χ1n) is 6.89. The minimum absolute atomic E-state index is 0.158. The lowest BCUT2D eigenvalue weighted by atomic mass is 10.0. The molecule has 1 unspecified atom stereocenters. The van der Waals surface area contributed by atoms with Crippen LogP contribution in [0.15, 0.2) is 28.1 Å². The van der Waals surface area contributed by atoms with Gasteiger partial charge in [0.2, 0.25) is 0 Å². The molecule has 114 valence electrons. The van der Waals surface area contributed by atoms with Gasteiger partial charge in [-0.05, 0) is 65.1 Å². The van der Waals surface area contributed by atoms with E-state index < -0.39 is 0 Å². The Balaban J connectivity index is 2.39. The lowest BCUT2D eigenvalue weighted by Crippen LogP contribution is -2.22. The van der Waals surface area contributed by atoms with Crippen molar-refractivity contribution in [2.75, 3.05) is 13.7 Å². The molecule has 0 amide bonds. The van der Waals surface area contributed by atoms with Crippen LogP contribution in [0.3, 0.4) is 0 Å². The van der Waals surface area contributed by atoms with E-state index >= 15 is 0 Å². The van der Waals surface area contributed by atoms with E-state index in [4.69, 9.17) is 16.3 Å². The fourth-order valence-corrected chi connectivity index (χ4v) is 4.02. The molecule has 1 atom stereocenters. The monoisotopic (exact) mass is 387 g/mol. The Hall–Kier alpha value is -0.550. The molecule has 1 N–H and O–H groups in total. The van der Waals surface area contributed by atoms with Crippen molar-refractivity contribution in [3.8, 4) is 5.75 Å². The molecule has 0 aliphatic rings. The minimum atomic E-state index is 0.158. The van der Waals surface area contributed by atoms with Crippen LogP contribution >= 0.6 is 38.9 Å². The van der Waals surface area contributed by atoms with E-state index in [0.717, 1.165) is 13.0 Å². The number of halogens is 2. The molecule has 2 rings (SSSR count). The van der Waals surface area contributed by atoms with Gasteiger partial charge in [-0.25, -0.2) is 0 Å². The third kappa shape index (κ3) is 4.01. The Bertz CT molecular complexity index is 595. The molecule has 1 aromatic carbocycles. The standard InChI is InChI=1S/C16H19BrClNOS/c1-4-7-19-15(14-8-10(2)16(17)21-14)11-5-6-12(18)13(9-11)20-3/h5-6,8-9,15,19H,4,7H2,1-3H3. The minimum Gasteiger partial charge on any atom is -0.495 e. The number of aryl methyl sites for hydroxylation is 1. The molecular weight excluding hydrogens is 370 g/mol. The number of nitrogens with one attached hydrogen (secondary N) is 1. The predicted molar refractivity (Wildman–Crippen MR) is 94.9 cm³/mol. The first-order valence-corrected chi connectivity index (χ1v) is 8.88. The normalized spacial score (nSPS) is 12.4. The van der Waals surface area contributed by atoms with Crippen LogP contribution < -0.4 is 10.1 Å². The smallest absolute Gasteiger partial charge is 0.137 e. The van der Waals surface area contributed by atoms with Crippen molar-refractivity contribution in [2.45, 2.75) is 26.3 Å². The molecule has 2 nitrogen and oxygen atoms in total. The highest BCUT2D eigenvalue weighted by molar-refractivity contribution is 9.11. The van der Waals surface area contributed by atoms with Crippen molar-refractivity contribution < 1.29 is 4.74 Å². The van der Waals surface area contributed by atoms with Gasteiger partial charge in [0.15, 0.2) is 0 Å². The van der Waals surface area contributed by atoms with Gasteiger partial charge in [0.1, 0.15) is 5.75 Å². The number of benzene rings is 1. The van der Waals surface area contributed by atoms with Gasteiger partial charge >= 0.3 is 0 Å². The molecule has 0 fully saturated rings. The Kier molecular flexibility index (Phi) is 6.11. The highest BCUT2D eigenvalue weighted by Crippen LogP contribution is 2.36. The zero-order valence-corrected chi connectivity index (χ0v) is 15.5. The predicted octanol–water partition coefficient (Wildman–Crippen LogP) is 5.57. The molecule has 1 aromatic heterocycles. The summed E-state index contributed by atoms with van der Waals surface area (Å²) in [6.07, 6.45) is 1.09. The van der Waals surface area contributed by atoms with Crippen molar-refractivity contribution >= 4 is 38.9 Å². The Labute approximate surface area is 143 Å². The number of rotatable bonds is 6. The molecule has 0 saturated heterocycles. The number of methoxy groups -OCH3 is 1. The van der Waals surface area contributed by atoms with Crippen molar-refractivity contribution in [1.29, 1.82) is 0 Å². The Morgan fingerprint density at radius 2 is 2.14 bits per heavy atom. The van der Waals surface area contributed by atoms with Crippen molar-refractivity contribution in [3.05, 3.63) is 49.1 Å². The van der Waals surface area contributed by atoms with Crippen LogP contribution in [-0.2, 0) is 0 Å². The summed E-state index contributed by atoms with van der Waals surface area (Å²) < 4.78 is 6.52. The van der Waals surface area contributed by atoms with Crippen LogP contribution in [0.1, 0.15) is 35.4 Å². The summed E-state index contributed by atoms with van der Waals surface area (Å²) in [7, 11) is 1.64. The van der Waals surface area contributed by atoms with E-state index in [1.807, 2.05) is 12.1 Å². The van der Waals surface area contributed by atoms with Gasteiger partial charge in [0.25, 0.3) is 0 Å². The lowest BCUT2D eigenvalue weighted by Gasteiger charge is -2.19. The summed E-state index contributed by atoms with van der Waals surface area (Å²) in [4.78, 5) is 1.29. The van der Waals surface area contributed by atoms with Gasteiger partial charge in [-0.15, -0.1) is 11.3 Å². The second-order valence-corrected chi connectivity index (χ2v) is 7.70. The summed E-state index contributed by atoms with van der Waals surface area (Å²) in [6, 6.07) is 8.35. The third-order valence-electron chi connectivity index (χ3n) is 3.27. The van der Waals surface area contributed by atoms with Crippen LogP contribution in [0.4, 0.5) is 0 Å². The van der Waals surface area contributed by atoms with Gasteiger partial charge < -0.3 is 10.1 Å². The van der Waals surface area contributed by atoms with Crippen LogP contribution in [-0.4, -0.2) is 13.7 Å². The second kappa shape index (κ2) is 7.63. The van der Waals surface area contributed by atoms with Gasteiger partial charge in [0, 0.05) is 4.88 Å². The molecule has 0 aliphatic carbocycles. The van der Waals surface area contributed by atoms with Crippen LogP contribution in [0, 0.1) is 6.92 Å². The lowest BCUT2D eigenvalue weighted by molar-refractivity contribution is 0.414. The Morgan fingerprint density at radius 3 is 2.71 bits per heavy atom. The first-order chi connectivity index (χ1) is 10.1. The van der Waals surface area contributed by atoms with Crippen LogP contribution in [0.25, 0.3) is 0 Å². The summed E-state index contributed by atoms with van der Waals surface area (Å²) in [6.45, 7) is 5.25. The average Bonchev–Trinajstić information content (AvgIpc) is 2.80. The molecule has 5 heteroatoms. The first kappa shape index (κ1) is 16.8. The Morgan fingerprint density at radius 1 is 1.38 bits per heavy atom. The van der Waals surface area contributed by atoms with E-state index in [2.05, 4.69) is 47.2 Å². The number of thiophene rings is 1. The van der Waals surface area contributed by atoms with E-state index in [-0.39, 0.29) is 6.04 Å². The summed E-state index contributed by atoms with van der Waals surface area (Å²) in [5, 5.41) is 4.24. The molecule has 2 aromatic rings. The maximum Gasteiger partial charge on any atom is 0.137 e. The number of hydrogen-bond donors (Lipinski definition) is 1. The second-order valence-electron chi connectivity index (χ2n) is 4.89. The van der Waals surface area contributed by atoms with Gasteiger partial charge in [0.05, 0.1) is 22.0 Å². The average molecular weight is 389 g/mol. The summed E-state index contributed by atoms with van der Waals surface area (Å²) in [5.41, 5.74) is 2.43. The van der Waals surface area contributed by atoms with Crippen LogP contribution in [0.2, 0.25) is 5.02 Å². The van der Waals surface area contributed by atoms with Crippen LogP contribution in [0.5, 0.6) is 5.75 Å².